The molecule has 0 radical (unpaired) electrons. The minimum absolute atomic E-state index is 0.0529. The van der Waals surface area contributed by atoms with Crippen molar-refractivity contribution >= 4 is 50.7 Å². The molecule has 0 fully saturated rings. The molecule has 0 aromatic heterocycles. The van der Waals surface area contributed by atoms with Crippen molar-refractivity contribution in [1.82, 2.24) is 10.2 Å². The Bertz CT molecular complexity index is 1430. The average Bonchev–Trinajstić information content (AvgIpc) is 2.94. The van der Waals surface area contributed by atoms with E-state index in [-0.39, 0.29) is 17.3 Å². The number of nitrogens with zero attached hydrogens (tertiary/aromatic N) is 2. The third-order valence-corrected chi connectivity index (χ3v) is 9.26. The van der Waals surface area contributed by atoms with Gasteiger partial charge < -0.3 is 10.2 Å². The first-order chi connectivity index (χ1) is 19.0. The Morgan fingerprint density at radius 2 is 1.52 bits per heavy atom. The number of nitrogens with one attached hydrogen (secondary N) is 1. The van der Waals surface area contributed by atoms with Gasteiger partial charge in [-0.05, 0) is 68.1 Å². The number of carbonyl (C=O) groups is 2. The van der Waals surface area contributed by atoms with Gasteiger partial charge in [-0.2, -0.15) is 0 Å². The number of hydrogen-bond acceptors (Lipinski definition) is 4. The van der Waals surface area contributed by atoms with Gasteiger partial charge in [0.05, 0.1) is 10.6 Å². The summed E-state index contributed by atoms with van der Waals surface area (Å²) in [6.45, 7) is 7.28. The van der Waals surface area contributed by atoms with Gasteiger partial charge in [0.2, 0.25) is 11.8 Å². The summed E-state index contributed by atoms with van der Waals surface area (Å²) in [5.41, 5.74) is 2.47. The van der Waals surface area contributed by atoms with E-state index in [2.05, 4.69) is 5.32 Å². The van der Waals surface area contributed by atoms with Crippen LogP contribution in [0.3, 0.4) is 0 Å². The Morgan fingerprint density at radius 3 is 2.12 bits per heavy atom. The zero-order valence-corrected chi connectivity index (χ0v) is 25.5. The summed E-state index contributed by atoms with van der Waals surface area (Å²) in [4.78, 5) is 28.8. The molecule has 0 aliphatic carbocycles. The first-order valence-electron chi connectivity index (χ1n) is 13.2. The van der Waals surface area contributed by atoms with E-state index in [1.807, 2.05) is 26.8 Å². The van der Waals surface area contributed by atoms with Gasteiger partial charge in [-0.3, -0.25) is 13.9 Å². The van der Waals surface area contributed by atoms with E-state index in [9.17, 15) is 18.0 Å². The molecule has 2 amide bonds. The van der Waals surface area contributed by atoms with E-state index in [4.69, 9.17) is 23.2 Å². The number of halogens is 2. The average molecular weight is 605 g/mol. The van der Waals surface area contributed by atoms with Crippen molar-refractivity contribution in [1.29, 1.82) is 0 Å². The lowest BCUT2D eigenvalue weighted by molar-refractivity contribution is -0.140. The maximum absolute atomic E-state index is 14.2. The molecule has 0 heterocycles. The highest BCUT2D eigenvalue weighted by Gasteiger charge is 2.34. The molecule has 40 heavy (non-hydrogen) atoms. The third kappa shape index (κ3) is 7.16. The number of benzene rings is 3. The number of hydrogen-bond donors (Lipinski definition) is 1. The van der Waals surface area contributed by atoms with Crippen LogP contribution in [0.1, 0.15) is 43.4 Å². The fourth-order valence-electron chi connectivity index (χ4n) is 4.38. The van der Waals surface area contributed by atoms with Gasteiger partial charge >= 0.3 is 0 Å². The highest BCUT2D eigenvalue weighted by molar-refractivity contribution is 7.92. The summed E-state index contributed by atoms with van der Waals surface area (Å²) in [6.07, 6.45) is 1.03. The molecule has 0 saturated heterocycles. The fraction of sp³-hybridized carbons (Fsp3) is 0.333. The van der Waals surface area contributed by atoms with Crippen LogP contribution in [0, 0.1) is 13.8 Å². The van der Waals surface area contributed by atoms with Gasteiger partial charge in [0, 0.05) is 28.7 Å². The van der Waals surface area contributed by atoms with Crippen LogP contribution in [0.2, 0.25) is 10.0 Å². The van der Waals surface area contributed by atoms with Crippen LogP contribution in [-0.2, 0) is 26.2 Å². The molecule has 0 saturated carbocycles. The Kier molecular flexibility index (Phi) is 11.0. The van der Waals surface area contributed by atoms with E-state index in [1.54, 1.807) is 55.5 Å². The second-order valence-corrected chi connectivity index (χ2v) is 12.2. The van der Waals surface area contributed by atoms with Crippen LogP contribution in [0.15, 0.2) is 71.6 Å². The van der Waals surface area contributed by atoms with Crippen molar-refractivity contribution < 1.29 is 18.0 Å². The molecular weight excluding hydrogens is 569 g/mol. The lowest BCUT2D eigenvalue weighted by atomic mass is 10.1. The van der Waals surface area contributed by atoms with Crippen molar-refractivity contribution in [3.8, 4) is 0 Å². The van der Waals surface area contributed by atoms with Gasteiger partial charge in [-0.25, -0.2) is 8.42 Å². The van der Waals surface area contributed by atoms with E-state index < -0.39 is 28.5 Å². The van der Waals surface area contributed by atoms with E-state index in [0.717, 1.165) is 21.9 Å². The Balaban J connectivity index is 2.12. The molecule has 0 aliphatic rings. The number of rotatable bonds is 12. The lowest BCUT2D eigenvalue weighted by Gasteiger charge is -2.34. The summed E-state index contributed by atoms with van der Waals surface area (Å²) in [5.74, 6) is -0.889. The number of aryl methyl sites for hydroxylation is 1. The Labute approximate surface area is 247 Å². The zero-order valence-electron chi connectivity index (χ0n) is 23.2. The standard InChI is InChI=1S/C30H35Cl2N3O4S/c1-5-18-33-30(37)27(6-2)34(19-24-25(31)15-11-16-26(24)32)29(36)20-35(28-17-10-12-21(3)22(28)4)40(38,39)23-13-8-7-9-14-23/h7-17,27H,5-6,18-20H2,1-4H3,(H,33,37)/t27-/m1/s1. The lowest BCUT2D eigenvalue weighted by Crippen LogP contribution is -2.52. The van der Waals surface area contributed by atoms with Crippen molar-refractivity contribution in [3.05, 3.63) is 93.5 Å². The van der Waals surface area contributed by atoms with Crippen molar-refractivity contribution in [2.75, 3.05) is 17.4 Å². The monoisotopic (exact) mass is 603 g/mol. The molecule has 0 spiro atoms. The van der Waals surface area contributed by atoms with Gasteiger partial charge in [0.1, 0.15) is 12.6 Å². The van der Waals surface area contributed by atoms with Crippen molar-refractivity contribution in [3.63, 3.8) is 0 Å². The molecule has 7 nitrogen and oxygen atoms in total. The van der Waals surface area contributed by atoms with Gasteiger partial charge in [-0.1, -0.05) is 73.4 Å². The Morgan fingerprint density at radius 1 is 0.900 bits per heavy atom. The SMILES string of the molecule is CCCNC(=O)[C@@H](CC)N(Cc1c(Cl)cccc1Cl)C(=O)CN(c1cccc(C)c1C)S(=O)(=O)c1ccccc1. The second-order valence-electron chi connectivity index (χ2n) is 9.48. The smallest absolute Gasteiger partial charge is 0.264 e. The molecule has 1 N–H and O–H groups in total. The van der Waals surface area contributed by atoms with Crippen LogP contribution in [-0.4, -0.2) is 44.3 Å². The van der Waals surface area contributed by atoms with E-state index in [0.29, 0.717) is 34.3 Å². The predicted molar refractivity (Wildman–Crippen MR) is 161 cm³/mol. The highest BCUT2D eigenvalue weighted by atomic mass is 35.5. The van der Waals surface area contributed by atoms with Crippen LogP contribution in [0.25, 0.3) is 0 Å². The third-order valence-electron chi connectivity index (χ3n) is 6.78. The van der Waals surface area contributed by atoms with E-state index >= 15 is 0 Å². The summed E-state index contributed by atoms with van der Waals surface area (Å²) in [5, 5.41) is 3.55. The predicted octanol–water partition coefficient (Wildman–Crippen LogP) is 6.14. The summed E-state index contributed by atoms with van der Waals surface area (Å²) < 4.78 is 29.1. The number of anilines is 1. The maximum Gasteiger partial charge on any atom is 0.264 e. The molecule has 0 unspecified atom stereocenters. The van der Waals surface area contributed by atoms with Crippen molar-refractivity contribution in [2.24, 2.45) is 0 Å². The zero-order chi connectivity index (χ0) is 29.4. The maximum atomic E-state index is 14.2. The van der Waals surface area contributed by atoms with Gasteiger partial charge in [0.25, 0.3) is 10.0 Å². The van der Waals surface area contributed by atoms with E-state index in [1.165, 1.54) is 17.0 Å². The van der Waals surface area contributed by atoms with Crippen molar-refractivity contribution in [2.45, 2.75) is 58.0 Å². The summed E-state index contributed by atoms with van der Waals surface area (Å²) in [6, 6.07) is 17.4. The summed E-state index contributed by atoms with van der Waals surface area (Å²) in [7, 11) is -4.14. The number of amides is 2. The normalized spacial score (nSPS) is 12.1. The molecule has 3 aromatic carbocycles. The highest BCUT2D eigenvalue weighted by Crippen LogP contribution is 2.30. The topological polar surface area (TPSA) is 86.8 Å². The molecule has 10 heteroatoms. The minimum Gasteiger partial charge on any atom is -0.354 e. The minimum atomic E-state index is -4.14. The first kappa shape index (κ1) is 31.5. The fourth-order valence-corrected chi connectivity index (χ4v) is 6.39. The van der Waals surface area contributed by atoms with Crippen LogP contribution in [0.4, 0.5) is 5.69 Å². The van der Waals surface area contributed by atoms with Gasteiger partial charge in [-0.15, -0.1) is 0 Å². The second kappa shape index (κ2) is 14.0. The van der Waals surface area contributed by atoms with Crippen LogP contribution < -0.4 is 9.62 Å². The quantitative estimate of drug-likeness (QED) is 0.269. The van der Waals surface area contributed by atoms with Crippen LogP contribution >= 0.6 is 23.2 Å². The Hall–Kier alpha value is -3.07. The molecule has 0 bridgehead atoms. The largest absolute Gasteiger partial charge is 0.354 e. The molecule has 3 aromatic rings. The molecule has 1 atom stereocenters. The number of sulfonamides is 1. The molecule has 3 rings (SSSR count). The van der Waals surface area contributed by atoms with Crippen LogP contribution in [0.5, 0.6) is 0 Å². The molecular formula is C30H35Cl2N3O4S. The molecule has 214 valence electrons. The molecule has 0 aliphatic heterocycles. The summed E-state index contributed by atoms with van der Waals surface area (Å²) >= 11 is 12.9. The first-order valence-corrected chi connectivity index (χ1v) is 15.4. The number of carbonyl (C=O) groups excluding carboxylic acids is 2. The van der Waals surface area contributed by atoms with Gasteiger partial charge in [0.15, 0.2) is 0 Å².